The molecule has 0 bridgehead atoms. The second kappa shape index (κ2) is 5.25. The number of rotatable bonds is 4. The fraction of sp³-hybridized carbons (Fsp3) is 1.00. The van der Waals surface area contributed by atoms with Crippen LogP contribution < -0.4 is 5.73 Å². The third-order valence-electron chi connectivity index (χ3n) is 3.23. The molecule has 3 N–H and O–H groups in total. The number of piperidine rings is 1. The van der Waals surface area contributed by atoms with Gasteiger partial charge in [0, 0.05) is 18.1 Å². The maximum Gasteiger partial charge on any atom is 0.0621 e. The summed E-state index contributed by atoms with van der Waals surface area (Å²) in [4.78, 5) is 4.65. The van der Waals surface area contributed by atoms with Gasteiger partial charge in [0.1, 0.15) is 0 Å². The van der Waals surface area contributed by atoms with Crippen LogP contribution in [-0.4, -0.2) is 66.8 Å². The molecule has 1 unspecified atom stereocenters. The van der Waals surface area contributed by atoms with E-state index in [1.54, 1.807) is 0 Å². The molecule has 0 aliphatic carbocycles. The molecule has 4 heteroatoms. The van der Waals surface area contributed by atoms with Gasteiger partial charge in [-0.25, -0.2) is 0 Å². The number of aliphatic hydroxyl groups excluding tert-OH is 1. The van der Waals surface area contributed by atoms with Gasteiger partial charge in [0.05, 0.1) is 6.61 Å². The molecule has 0 aromatic heterocycles. The minimum Gasteiger partial charge on any atom is -0.394 e. The van der Waals surface area contributed by atoms with E-state index in [0.717, 1.165) is 19.6 Å². The van der Waals surface area contributed by atoms with Crippen molar-refractivity contribution >= 4 is 0 Å². The fourth-order valence-corrected chi connectivity index (χ4v) is 2.15. The van der Waals surface area contributed by atoms with Crippen molar-refractivity contribution in [2.24, 2.45) is 5.73 Å². The Bertz CT molecular complexity index is 186. The van der Waals surface area contributed by atoms with Gasteiger partial charge in [-0.1, -0.05) is 0 Å². The first kappa shape index (κ1) is 12.9. The molecular weight excluding hydrogens is 190 g/mol. The largest absolute Gasteiger partial charge is 0.394 e. The molecule has 1 atom stereocenters. The second-order valence-corrected chi connectivity index (χ2v) is 5.28. The van der Waals surface area contributed by atoms with Crippen LogP contribution in [0.1, 0.15) is 19.8 Å². The highest BCUT2D eigenvalue weighted by atomic mass is 16.3. The Balaban J connectivity index is 2.32. The Kier molecular flexibility index (Phi) is 4.52. The van der Waals surface area contributed by atoms with Crippen molar-refractivity contribution in [1.82, 2.24) is 9.80 Å². The zero-order valence-electron chi connectivity index (χ0n) is 10.2. The summed E-state index contributed by atoms with van der Waals surface area (Å²) in [5.41, 5.74) is 5.49. The number of nitrogens with two attached hydrogens (primary N) is 1. The summed E-state index contributed by atoms with van der Waals surface area (Å²) in [7, 11) is 4.28. The molecule has 0 amide bonds. The first-order chi connectivity index (χ1) is 6.94. The van der Waals surface area contributed by atoms with Gasteiger partial charge < -0.3 is 20.6 Å². The highest BCUT2D eigenvalue weighted by Crippen LogP contribution is 2.15. The van der Waals surface area contributed by atoms with E-state index in [4.69, 9.17) is 10.8 Å². The molecule has 0 saturated carbocycles. The SMILES string of the molecule is CN(C)C1CCN(CC(C)(N)CO)CC1. The molecule has 1 rings (SSSR count). The fourth-order valence-electron chi connectivity index (χ4n) is 2.15. The van der Waals surface area contributed by atoms with Crippen LogP contribution in [0.15, 0.2) is 0 Å². The van der Waals surface area contributed by atoms with Crippen molar-refractivity contribution in [3.05, 3.63) is 0 Å². The lowest BCUT2D eigenvalue weighted by Gasteiger charge is -2.38. The Hall–Kier alpha value is -0.160. The molecule has 1 aliphatic heterocycles. The van der Waals surface area contributed by atoms with E-state index in [1.165, 1.54) is 12.8 Å². The first-order valence-electron chi connectivity index (χ1n) is 5.73. The van der Waals surface area contributed by atoms with Gasteiger partial charge in [0.25, 0.3) is 0 Å². The predicted octanol–water partition coefficient (Wildman–Crippen LogP) is -0.278. The summed E-state index contributed by atoms with van der Waals surface area (Å²) in [5.74, 6) is 0. The quantitative estimate of drug-likeness (QED) is 0.677. The van der Waals surface area contributed by atoms with Crippen molar-refractivity contribution in [3.8, 4) is 0 Å². The Labute approximate surface area is 93.0 Å². The van der Waals surface area contributed by atoms with E-state index in [-0.39, 0.29) is 6.61 Å². The van der Waals surface area contributed by atoms with E-state index < -0.39 is 5.54 Å². The van der Waals surface area contributed by atoms with Crippen molar-refractivity contribution in [2.75, 3.05) is 40.3 Å². The molecule has 1 heterocycles. The van der Waals surface area contributed by atoms with Crippen LogP contribution in [-0.2, 0) is 0 Å². The van der Waals surface area contributed by atoms with Crippen LogP contribution >= 0.6 is 0 Å². The van der Waals surface area contributed by atoms with Gasteiger partial charge in [-0.3, -0.25) is 0 Å². The van der Waals surface area contributed by atoms with Crippen LogP contribution in [0.5, 0.6) is 0 Å². The van der Waals surface area contributed by atoms with Gasteiger partial charge in [-0.05, 0) is 47.0 Å². The van der Waals surface area contributed by atoms with Crippen molar-refractivity contribution < 1.29 is 5.11 Å². The van der Waals surface area contributed by atoms with E-state index in [2.05, 4.69) is 23.9 Å². The molecule has 4 nitrogen and oxygen atoms in total. The summed E-state index contributed by atoms with van der Waals surface area (Å²) in [5, 5.41) is 9.11. The third kappa shape index (κ3) is 4.07. The van der Waals surface area contributed by atoms with E-state index in [9.17, 15) is 0 Å². The zero-order valence-corrected chi connectivity index (χ0v) is 10.2. The Morgan fingerprint density at radius 2 is 1.93 bits per heavy atom. The lowest BCUT2D eigenvalue weighted by molar-refractivity contribution is 0.103. The molecule has 1 saturated heterocycles. The molecule has 90 valence electrons. The topological polar surface area (TPSA) is 52.7 Å². The van der Waals surface area contributed by atoms with Gasteiger partial charge in [0.2, 0.25) is 0 Å². The molecule has 1 fully saturated rings. The minimum atomic E-state index is -0.453. The number of likely N-dealkylation sites (tertiary alicyclic amines) is 1. The average molecular weight is 215 g/mol. The molecule has 0 spiro atoms. The minimum absolute atomic E-state index is 0.0562. The normalized spacial score (nSPS) is 24.4. The van der Waals surface area contributed by atoms with Gasteiger partial charge in [-0.2, -0.15) is 0 Å². The van der Waals surface area contributed by atoms with E-state index in [0.29, 0.717) is 6.04 Å². The van der Waals surface area contributed by atoms with Gasteiger partial charge >= 0.3 is 0 Å². The first-order valence-corrected chi connectivity index (χ1v) is 5.73. The summed E-state index contributed by atoms with van der Waals surface area (Å²) >= 11 is 0. The van der Waals surface area contributed by atoms with Crippen LogP contribution in [0.25, 0.3) is 0 Å². The molecular formula is C11H25N3O. The number of hydrogen-bond acceptors (Lipinski definition) is 4. The molecule has 15 heavy (non-hydrogen) atoms. The lowest BCUT2D eigenvalue weighted by atomic mass is 10.00. The van der Waals surface area contributed by atoms with Crippen LogP contribution in [0.4, 0.5) is 0 Å². The summed E-state index contributed by atoms with van der Waals surface area (Å²) < 4.78 is 0. The van der Waals surface area contributed by atoms with Crippen LogP contribution in [0.3, 0.4) is 0 Å². The maximum absolute atomic E-state index is 9.11. The van der Waals surface area contributed by atoms with E-state index in [1.807, 2.05) is 6.92 Å². The Morgan fingerprint density at radius 3 is 2.33 bits per heavy atom. The van der Waals surface area contributed by atoms with Crippen LogP contribution in [0, 0.1) is 0 Å². The molecule has 1 aliphatic rings. The summed E-state index contributed by atoms with van der Waals surface area (Å²) in [6.45, 7) is 4.95. The monoisotopic (exact) mass is 215 g/mol. The predicted molar refractivity (Wildman–Crippen MR) is 62.8 cm³/mol. The zero-order chi connectivity index (χ0) is 11.5. The molecule has 0 aromatic carbocycles. The second-order valence-electron chi connectivity index (χ2n) is 5.28. The maximum atomic E-state index is 9.11. The summed E-state index contributed by atoms with van der Waals surface area (Å²) in [6.07, 6.45) is 2.41. The Morgan fingerprint density at radius 1 is 1.40 bits per heavy atom. The van der Waals surface area contributed by atoms with Gasteiger partial charge in [0.15, 0.2) is 0 Å². The molecule has 0 radical (unpaired) electrons. The lowest BCUT2D eigenvalue weighted by Crippen LogP contribution is -2.53. The standard InChI is InChI=1S/C11H25N3O/c1-11(12,9-15)8-14-6-4-10(5-7-14)13(2)3/h10,15H,4-9,12H2,1-3H3. The molecule has 0 aromatic rings. The third-order valence-corrected chi connectivity index (χ3v) is 3.23. The van der Waals surface area contributed by atoms with Crippen LogP contribution in [0.2, 0.25) is 0 Å². The van der Waals surface area contributed by atoms with Crippen molar-refractivity contribution in [1.29, 1.82) is 0 Å². The number of nitrogens with zero attached hydrogens (tertiary/aromatic N) is 2. The van der Waals surface area contributed by atoms with Crippen molar-refractivity contribution in [2.45, 2.75) is 31.3 Å². The highest BCUT2D eigenvalue weighted by Gasteiger charge is 2.26. The summed E-state index contributed by atoms with van der Waals surface area (Å²) in [6, 6.07) is 0.708. The van der Waals surface area contributed by atoms with E-state index >= 15 is 0 Å². The number of aliphatic hydroxyl groups is 1. The van der Waals surface area contributed by atoms with Gasteiger partial charge in [-0.15, -0.1) is 0 Å². The average Bonchev–Trinajstić information content (AvgIpc) is 2.18. The number of hydrogen-bond donors (Lipinski definition) is 2. The smallest absolute Gasteiger partial charge is 0.0621 e. The van der Waals surface area contributed by atoms with Crippen molar-refractivity contribution in [3.63, 3.8) is 0 Å². The highest BCUT2D eigenvalue weighted by molar-refractivity contribution is 4.85.